The van der Waals surface area contributed by atoms with Gasteiger partial charge in [-0.05, 0) is 78.4 Å². The van der Waals surface area contributed by atoms with Gasteiger partial charge in [-0.3, -0.25) is 0 Å². The third-order valence-electron chi connectivity index (χ3n) is 3.41. The number of hydrogen-bond donors (Lipinski definition) is 1. The van der Waals surface area contributed by atoms with Crippen molar-refractivity contribution in [2.24, 2.45) is 0 Å². The summed E-state index contributed by atoms with van der Waals surface area (Å²) in [6.07, 6.45) is 0. The minimum atomic E-state index is 0.860. The number of benzene rings is 2. The summed E-state index contributed by atoms with van der Waals surface area (Å²) in [4.78, 5) is 2.36. The van der Waals surface area contributed by atoms with Gasteiger partial charge < -0.3 is 10.2 Å². The number of nitrogens with zero attached hydrogens (tertiary/aromatic N) is 1. The van der Waals surface area contributed by atoms with Gasteiger partial charge in [0, 0.05) is 34.6 Å². The molecule has 1 N–H and O–H groups in total. The largest absolute Gasteiger partial charge is 0.381 e. The van der Waals surface area contributed by atoms with E-state index < -0.39 is 0 Å². The molecule has 0 radical (unpaired) electrons. The molecule has 106 valence electrons. The summed E-state index contributed by atoms with van der Waals surface area (Å²) in [5, 5.41) is 3.45. The van der Waals surface area contributed by atoms with E-state index in [-0.39, 0.29) is 0 Å². The van der Waals surface area contributed by atoms with Crippen molar-refractivity contribution >= 4 is 34.0 Å². The Kier molecular flexibility index (Phi) is 5.71. The first-order valence-electron chi connectivity index (χ1n) is 7.06. The lowest BCUT2D eigenvalue weighted by molar-refractivity contribution is 0.865. The van der Waals surface area contributed by atoms with Crippen molar-refractivity contribution in [3.8, 4) is 0 Å². The van der Waals surface area contributed by atoms with E-state index in [0.29, 0.717) is 0 Å². The highest BCUT2D eigenvalue weighted by Gasteiger charge is 2.01. The van der Waals surface area contributed by atoms with Crippen molar-refractivity contribution in [1.29, 1.82) is 0 Å². The van der Waals surface area contributed by atoms with Crippen LogP contribution in [-0.4, -0.2) is 13.1 Å². The maximum absolute atomic E-state index is 3.45. The average Bonchev–Trinajstić information content (AvgIpc) is 2.49. The molecule has 0 bridgehead atoms. The van der Waals surface area contributed by atoms with Gasteiger partial charge in [-0.15, -0.1) is 0 Å². The lowest BCUT2D eigenvalue weighted by Crippen LogP contribution is -2.21. The van der Waals surface area contributed by atoms with Gasteiger partial charge in [-0.25, -0.2) is 0 Å². The van der Waals surface area contributed by atoms with Gasteiger partial charge in [-0.2, -0.15) is 0 Å². The molecule has 0 saturated heterocycles. The molecule has 2 nitrogen and oxygen atoms in total. The quantitative estimate of drug-likeness (QED) is 0.728. The zero-order valence-electron chi connectivity index (χ0n) is 12.1. The summed E-state index contributed by atoms with van der Waals surface area (Å²) >= 11 is 2.32. The number of hydrogen-bond acceptors (Lipinski definition) is 2. The maximum atomic E-state index is 3.45. The second kappa shape index (κ2) is 7.53. The van der Waals surface area contributed by atoms with Crippen LogP contribution in [0.15, 0.2) is 48.5 Å². The van der Waals surface area contributed by atoms with E-state index in [2.05, 4.69) is 95.2 Å². The minimum Gasteiger partial charge on any atom is -0.381 e. The van der Waals surface area contributed by atoms with E-state index >= 15 is 0 Å². The Morgan fingerprint density at radius 2 is 1.50 bits per heavy atom. The molecule has 0 unspecified atom stereocenters. The molecule has 0 spiro atoms. The molecule has 0 aliphatic heterocycles. The highest BCUT2D eigenvalue weighted by Crippen LogP contribution is 2.16. The summed E-state index contributed by atoms with van der Waals surface area (Å²) in [5.74, 6) is 0. The molecule has 0 fully saturated rings. The molecular weight excluding hydrogens is 359 g/mol. The second-order valence-electron chi connectivity index (χ2n) is 4.70. The van der Waals surface area contributed by atoms with Crippen LogP contribution in [0.1, 0.15) is 19.4 Å². The minimum absolute atomic E-state index is 0.860. The normalized spacial score (nSPS) is 10.3. The average molecular weight is 380 g/mol. The monoisotopic (exact) mass is 380 g/mol. The molecule has 3 heteroatoms. The third-order valence-corrected chi connectivity index (χ3v) is 4.12. The molecule has 0 aromatic heterocycles. The van der Waals surface area contributed by atoms with Gasteiger partial charge in [0.2, 0.25) is 0 Å². The van der Waals surface area contributed by atoms with Crippen molar-refractivity contribution in [2.45, 2.75) is 20.4 Å². The Bertz CT molecular complexity index is 516. The predicted molar refractivity (Wildman–Crippen MR) is 96.5 cm³/mol. The van der Waals surface area contributed by atoms with Crippen LogP contribution in [0.5, 0.6) is 0 Å². The van der Waals surface area contributed by atoms with Crippen molar-refractivity contribution in [3.05, 3.63) is 57.7 Å². The Morgan fingerprint density at radius 1 is 0.900 bits per heavy atom. The van der Waals surface area contributed by atoms with Gasteiger partial charge in [-0.1, -0.05) is 12.1 Å². The molecule has 2 aromatic carbocycles. The molecule has 2 aromatic rings. The Morgan fingerprint density at radius 3 is 2.05 bits per heavy atom. The van der Waals surface area contributed by atoms with Crippen molar-refractivity contribution in [3.63, 3.8) is 0 Å². The number of halogens is 1. The maximum Gasteiger partial charge on any atom is 0.0400 e. The first-order chi connectivity index (χ1) is 9.72. The highest BCUT2D eigenvalue weighted by atomic mass is 127. The van der Waals surface area contributed by atoms with E-state index in [1.54, 1.807) is 0 Å². The smallest absolute Gasteiger partial charge is 0.0400 e. The lowest BCUT2D eigenvalue weighted by Gasteiger charge is -2.21. The molecular formula is C17H21IN2. The topological polar surface area (TPSA) is 15.3 Å². The van der Waals surface area contributed by atoms with Crippen LogP contribution < -0.4 is 10.2 Å². The second-order valence-corrected chi connectivity index (χ2v) is 5.94. The fourth-order valence-electron chi connectivity index (χ4n) is 2.19. The van der Waals surface area contributed by atoms with Crippen molar-refractivity contribution < 1.29 is 0 Å². The van der Waals surface area contributed by atoms with Gasteiger partial charge in [0.25, 0.3) is 0 Å². The number of rotatable bonds is 6. The molecule has 0 aliphatic carbocycles. The molecule has 20 heavy (non-hydrogen) atoms. The van der Waals surface area contributed by atoms with Crippen LogP contribution >= 0.6 is 22.6 Å². The van der Waals surface area contributed by atoms with Gasteiger partial charge >= 0.3 is 0 Å². The Balaban J connectivity index is 1.95. The van der Waals surface area contributed by atoms with Gasteiger partial charge in [0.15, 0.2) is 0 Å². The van der Waals surface area contributed by atoms with Crippen LogP contribution in [0.3, 0.4) is 0 Å². The fourth-order valence-corrected chi connectivity index (χ4v) is 2.54. The number of nitrogens with one attached hydrogen (secondary N) is 1. The standard InChI is InChI=1S/C17H21IN2/c1-3-20(4-2)17-11-5-14(6-12-17)13-19-16-9-7-15(18)8-10-16/h5-12,19H,3-4,13H2,1-2H3. The summed E-state index contributed by atoms with van der Waals surface area (Å²) in [6, 6.07) is 17.3. The lowest BCUT2D eigenvalue weighted by atomic mass is 10.2. The van der Waals surface area contributed by atoms with Gasteiger partial charge in [0.1, 0.15) is 0 Å². The van der Waals surface area contributed by atoms with Crippen molar-refractivity contribution in [2.75, 3.05) is 23.3 Å². The molecule has 0 heterocycles. The highest BCUT2D eigenvalue weighted by molar-refractivity contribution is 14.1. The first kappa shape index (κ1) is 15.2. The first-order valence-corrected chi connectivity index (χ1v) is 8.14. The van der Waals surface area contributed by atoms with E-state index in [4.69, 9.17) is 0 Å². The zero-order valence-corrected chi connectivity index (χ0v) is 14.2. The molecule has 0 aliphatic rings. The van der Waals surface area contributed by atoms with Crippen LogP contribution in [-0.2, 0) is 6.54 Å². The third kappa shape index (κ3) is 4.13. The van der Waals surface area contributed by atoms with Gasteiger partial charge in [0.05, 0.1) is 0 Å². The Hall–Kier alpha value is -1.23. The number of anilines is 2. The van der Waals surface area contributed by atoms with Crippen molar-refractivity contribution in [1.82, 2.24) is 0 Å². The van der Waals surface area contributed by atoms with E-state index in [0.717, 1.165) is 19.6 Å². The summed E-state index contributed by atoms with van der Waals surface area (Å²) < 4.78 is 1.26. The van der Waals surface area contributed by atoms with Crippen LogP contribution in [0.25, 0.3) is 0 Å². The fraction of sp³-hybridized carbons (Fsp3) is 0.294. The molecule has 0 atom stereocenters. The van der Waals surface area contributed by atoms with Crippen LogP contribution in [0, 0.1) is 3.57 Å². The predicted octanol–water partition coefficient (Wildman–Crippen LogP) is 4.75. The molecule has 2 rings (SSSR count). The zero-order chi connectivity index (χ0) is 14.4. The summed E-state index contributed by atoms with van der Waals surface area (Å²) in [7, 11) is 0. The van der Waals surface area contributed by atoms with Crippen LogP contribution in [0.4, 0.5) is 11.4 Å². The molecule has 0 amide bonds. The SMILES string of the molecule is CCN(CC)c1ccc(CNc2ccc(I)cc2)cc1. The van der Waals surface area contributed by atoms with E-state index in [1.165, 1.54) is 20.5 Å². The van der Waals surface area contributed by atoms with E-state index in [9.17, 15) is 0 Å². The summed E-state index contributed by atoms with van der Waals surface area (Å²) in [6.45, 7) is 7.35. The Labute approximate surface area is 135 Å². The van der Waals surface area contributed by atoms with E-state index in [1.807, 2.05) is 0 Å². The van der Waals surface area contributed by atoms with Crippen LogP contribution in [0.2, 0.25) is 0 Å². The summed E-state index contributed by atoms with van der Waals surface area (Å²) in [5.41, 5.74) is 3.77. The molecule has 0 saturated carbocycles.